The molecule has 88 valence electrons. The highest BCUT2D eigenvalue weighted by molar-refractivity contribution is 6.12. The van der Waals surface area contributed by atoms with Crippen LogP contribution in [0.3, 0.4) is 0 Å². The van der Waals surface area contributed by atoms with Crippen LogP contribution in [0.5, 0.6) is 0 Å². The molecule has 0 radical (unpaired) electrons. The average molecular weight is 230 g/mol. The minimum atomic E-state index is -0.467. The van der Waals surface area contributed by atoms with E-state index in [0.717, 1.165) is 17.0 Å². The minimum Gasteiger partial charge on any atom is -0.444 e. The van der Waals surface area contributed by atoms with Crippen molar-refractivity contribution < 1.29 is 9.53 Å². The predicted octanol–water partition coefficient (Wildman–Crippen LogP) is 3.29. The molecule has 4 nitrogen and oxygen atoms in total. The summed E-state index contributed by atoms with van der Waals surface area (Å²) in [6.07, 6.45) is -0.402. The Bertz CT molecular complexity index is 581. The number of amides is 1. The summed E-state index contributed by atoms with van der Waals surface area (Å²) in [5.41, 5.74) is 1.78. The van der Waals surface area contributed by atoms with Gasteiger partial charge in [0.15, 0.2) is 0 Å². The second-order valence-electron chi connectivity index (χ2n) is 5.18. The molecule has 2 aliphatic rings. The summed E-state index contributed by atoms with van der Waals surface area (Å²) in [5, 5.41) is 3.96. The summed E-state index contributed by atoms with van der Waals surface area (Å²) in [4.78, 5) is 11.6. The van der Waals surface area contributed by atoms with Crippen LogP contribution in [-0.2, 0) is 4.74 Å². The zero-order chi connectivity index (χ0) is 12.2. The van der Waals surface area contributed by atoms with Gasteiger partial charge < -0.3 is 4.74 Å². The highest BCUT2D eigenvalue weighted by Crippen LogP contribution is 2.49. The van der Waals surface area contributed by atoms with E-state index in [0.29, 0.717) is 0 Å². The number of benzene rings is 1. The molecule has 0 aliphatic carbocycles. The lowest BCUT2D eigenvalue weighted by atomic mass is 10.2. The Morgan fingerprint density at radius 3 is 2.65 bits per heavy atom. The van der Waals surface area contributed by atoms with Crippen LogP contribution in [0.2, 0.25) is 0 Å². The first kappa shape index (κ1) is 10.2. The Kier molecular flexibility index (Phi) is 1.82. The van der Waals surface area contributed by atoms with Crippen molar-refractivity contribution in [1.29, 1.82) is 0 Å². The molecule has 0 bridgehead atoms. The third-order valence-electron chi connectivity index (χ3n) is 2.64. The predicted molar refractivity (Wildman–Crippen MR) is 66.7 cm³/mol. The van der Waals surface area contributed by atoms with Crippen LogP contribution in [0.4, 0.5) is 10.6 Å². The second kappa shape index (κ2) is 3.03. The van der Waals surface area contributed by atoms with Crippen molar-refractivity contribution in [3.8, 4) is 5.69 Å². The van der Waals surface area contributed by atoms with Crippen molar-refractivity contribution in [3.05, 3.63) is 24.3 Å². The number of fused-ring (bicyclic) bond motifs is 4. The Morgan fingerprint density at radius 2 is 2.00 bits per heavy atom. The molecule has 2 heterocycles. The van der Waals surface area contributed by atoms with E-state index in [9.17, 15) is 4.79 Å². The van der Waals surface area contributed by atoms with Gasteiger partial charge in [-0.1, -0.05) is 18.2 Å². The molecule has 1 N–H and O–H groups in total. The zero-order valence-electron chi connectivity index (χ0n) is 10.1. The maximum atomic E-state index is 11.6. The van der Waals surface area contributed by atoms with Gasteiger partial charge in [0, 0.05) is 5.39 Å². The number of carbonyl (C=O) groups excluding carboxylic acids is 1. The largest absolute Gasteiger partial charge is 0.444 e. The van der Waals surface area contributed by atoms with Gasteiger partial charge in [-0.05, 0) is 26.8 Å². The highest BCUT2D eigenvalue weighted by atomic mass is 16.6. The fourth-order valence-corrected chi connectivity index (χ4v) is 1.98. The third-order valence-corrected chi connectivity index (χ3v) is 2.64. The van der Waals surface area contributed by atoms with Gasteiger partial charge in [-0.2, -0.15) is 0 Å². The SMILES string of the molecule is CC(C)(C)OC(=O)Nc1c2c3ccccc3n1-2. The number of hydrogen-bond donors (Lipinski definition) is 1. The van der Waals surface area contributed by atoms with Gasteiger partial charge >= 0.3 is 6.09 Å². The first-order valence-electron chi connectivity index (χ1n) is 5.61. The van der Waals surface area contributed by atoms with E-state index in [1.54, 1.807) is 0 Å². The van der Waals surface area contributed by atoms with Crippen LogP contribution in [0.25, 0.3) is 16.6 Å². The quantitative estimate of drug-likeness (QED) is 0.697. The van der Waals surface area contributed by atoms with Crippen molar-refractivity contribution in [2.75, 3.05) is 5.32 Å². The van der Waals surface area contributed by atoms with Gasteiger partial charge in [-0.25, -0.2) is 4.79 Å². The van der Waals surface area contributed by atoms with Crippen LogP contribution in [0.1, 0.15) is 20.8 Å². The summed E-state index contributed by atoms with van der Waals surface area (Å²) >= 11 is 0. The lowest BCUT2D eigenvalue weighted by Crippen LogP contribution is -2.26. The molecule has 0 spiro atoms. The maximum absolute atomic E-state index is 11.6. The number of anilines is 1. The first-order valence-corrected chi connectivity index (χ1v) is 5.61. The van der Waals surface area contributed by atoms with E-state index < -0.39 is 11.7 Å². The molecular weight excluding hydrogens is 216 g/mol. The molecule has 17 heavy (non-hydrogen) atoms. The fourth-order valence-electron chi connectivity index (χ4n) is 1.98. The maximum Gasteiger partial charge on any atom is 0.413 e. The second-order valence-corrected chi connectivity index (χ2v) is 5.18. The number of para-hydroxylation sites is 1. The van der Waals surface area contributed by atoms with E-state index in [1.807, 2.05) is 49.6 Å². The molecule has 4 heteroatoms. The van der Waals surface area contributed by atoms with Gasteiger partial charge in [0.2, 0.25) is 0 Å². The molecule has 0 atom stereocenters. The minimum absolute atomic E-state index is 0.402. The number of carbonyl (C=O) groups is 1. The molecule has 0 fully saturated rings. The van der Waals surface area contributed by atoms with Crippen molar-refractivity contribution in [2.24, 2.45) is 0 Å². The number of nitrogens with one attached hydrogen (secondary N) is 1. The van der Waals surface area contributed by atoms with Crippen LogP contribution in [-0.4, -0.2) is 16.3 Å². The monoisotopic (exact) mass is 230 g/mol. The van der Waals surface area contributed by atoms with Crippen LogP contribution < -0.4 is 5.32 Å². The smallest absolute Gasteiger partial charge is 0.413 e. The van der Waals surface area contributed by atoms with Gasteiger partial charge in [0.25, 0.3) is 0 Å². The third kappa shape index (κ3) is 1.56. The zero-order valence-corrected chi connectivity index (χ0v) is 10.1. The Balaban J connectivity index is 1.78. The average Bonchev–Trinajstić information content (AvgIpc) is 2.77. The summed E-state index contributed by atoms with van der Waals surface area (Å²) in [7, 11) is 0. The molecule has 1 aromatic carbocycles. The topological polar surface area (TPSA) is 43.3 Å². The van der Waals surface area contributed by atoms with Crippen LogP contribution in [0, 0.1) is 0 Å². The van der Waals surface area contributed by atoms with Crippen molar-refractivity contribution in [2.45, 2.75) is 26.4 Å². The Labute approximate surface area is 99.2 Å². The lowest BCUT2D eigenvalue weighted by molar-refractivity contribution is 0.0636. The number of nitrogens with zero attached hydrogens (tertiary/aromatic N) is 1. The van der Waals surface area contributed by atoms with Crippen LogP contribution >= 0.6 is 0 Å². The van der Waals surface area contributed by atoms with Crippen molar-refractivity contribution >= 4 is 22.8 Å². The fraction of sp³-hybridized carbons (Fsp3) is 0.308. The van der Waals surface area contributed by atoms with Gasteiger partial charge in [-0.15, -0.1) is 0 Å². The lowest BCUT2D eigenvalue weighted by Gasteiger charge is -2.18. The standard InChI is InChI=1S/C13H14N2O2/c1-13(2,3)17-12(16)14-11-10-8-6-4-5-7-9(8)15(10)11/h4-7H,1-3H3,(H,14,16). The first-order chi connectivity index (χ1) is 7.97. The molecular formula is C13H14N2O2. The van der Waals surface area contributed by atoms with Gasteiger partial charge in [-0.3, -0.25) is 9.88 Å². The van der Waals surface area contributed by atoms with E-state index in [-0.39, 0.29) is 0 Å². The molecule has 1 amide bonds. The summed E-state index contributed by atoms with van der Waals surface area (Å²) in [5.74, 6) is 0.848. The Hall–Kier alpha value is -1.97. The van der Waals surface area contributed by atoms with Gasteiger partial charge in [0.1, 0.15) is 11.4 Å². The summed E-state index contributed by atoms with van der Waals surface area (Å²) < 4.78 is 7.21. The molecule has 1 aromatic rings. The molecule has 0 aromatic heterocycles. The van der Waals surface area contributed by atoms with Crippen molar-refractivity contribution in [1.82, 2.24) is 4.57 Å². The van der Waals surface area contributed by atoms with Crippen LogP contribution in [0.15, 0.2) is 24.3 Å². The summed E-state index contributed by atoms with van der Waals surface area (Å²) in [6.45, 7) is 5.54. The summed E-state index contributed by atoms with van der Waals surface area (Å²) in [6, 6.07) is 8.05. The molecule has 0 saturated carbocycles. The number of aromatic nitrogens is 1. The molecule has 0 unspecified atom stereocenters. The van der Waals surface area contributed by atoms with E-state index in [4.69, 9.17) is 4.74 Å². The van der Waals surface area contributed by atoms with Gasteiger partial charge in [0.05, 0.1) is 11.2 Å². The number of ether oxygens (including phenoxy) is 1. The van der Waals surface area contributed by atoms with E-state index in [1.165, 1.54) is 5.39 Å². The highest BCUT2D eigenvalue weighted by Gasteiger charge is 2.34. The van der Waals surface area contributed by atoms with Crippen molar-refractivity contribution in [3.63, 3.8) is 0 Å². The Morgan fingerprint density at radius 1 is 1.29 bits per heavy atom. The normalized spacial score (nSPS) is 12.6. The number of hydrogen-bond acceptors (Lipinski definition) is 2. The van der Waals surface area contributed by atoms with E-state index in [2.05, 4.69) is 5.32 Å². The molecule has 2 aliphatic heterocycles. The number of rotatable bonds is 1. The molecule has 3 rings (SSSR count). The molecule has 0 saturated heterocycles. The van der Waals surface area contributed by atoms with E-state index >= 15 is 0 Å².